The molecule has 0 radical (unpaired) electrons. The number of imidazole rings is 1. The summed E-state index contributed by atoms with van der Waals surface area (Å²) in [6.45, 7) is 3.71. The molecule has 2 heterocycles. The molecular weight excluding hydrogens is 273 g/mol. The summed E-state index contributed by atoms with van der Waals surface area (Å²) in [7, 11) is 0. The predicted molar refractivity (Wildman–Crippen MR) is 77.5 cm³/mol. The van der Waals surface area contributed by atoms with Gasteiger partial charge < -0.3 is 15.2 Å². The number of halogens is 1. The zero-order valence-corrected chi connectivity index (χ0v) is 11.8. The van der Waals surface area contributed by atoms with Crippen LogP contribution in [0, 0.1) is 5.82 Å². The quantitative estimate of drug-likeness (QED) is 0.814. The van der Waals surface area contributed by atoms with Crippen molar-refractivity contribution in [2.75, 3.05) is 18.4 Å². The largest absolute Gasteiger partial charge is 0.369 e. The van der Waals surface area contributed by atoms with Gasteiger partial charge in [0.1, 0.15) is 11.6 Å². The molecule has 2 aromatic rings. The van der Waals surface area contributed by atoms with Gasteiger partial charge in [-0.2, -0.15) is 0 Å². The van der Waals surface area contributed by atoms with Crippen LogP contribution in [-0.2, 0) is 6.54 Å². The summed E-state index contributed by atoms with van der Waals surface area (Å²) in [4.78, 5) is 20.0. The summed E-state index contributed by atoms with van der Waals surface area (Å²) in [5, 5.41) is 5.77. The molecule has 0 aliphatic heterocycles. The minimum atomic E-state index is -0.531. The first-order valence-corrected chi connectivity index (χ1v) is 6.84. The van der Waals surface area contributed by atoms with Crippen molar-refractivity contribution >= 4 is 11.7 Å². The zero-order chi connectivity index (χ0) is 15.1. The molecule has 0 saturated carbocycles. The Balaban J connectivity index is 1.98. The summed E-state index contributed by atoms with van der Waals surface area (Å²) >= 11 is 0. The summed E-state index contributed by atoms with van der Waals surface area (Å²) < 4.78 is 15.1. The van der Waals surface area contributed by atoms with Crippen molar-refractivity contribution in [3.63, 3.8) is 0 Å². The van der Waals surface area contributed by atoms with E-state index in [9.17, 15) is 9.18 Å². The van der Waals surface area contributed by atoms with Crippen LogP contribution in [0.4, 0.5) is 10.2 Å². The maximum absolute atomic E-state index is 13.3. The Morgan fingerprint density at radius 1 is 1.43 bits per heavy atom. The number of carbonyl (C=O) groups is 1. The minimum Gasteiger partial charge on any atom is -0.369 e. The van der Waals surface area contributed by atoms with Gasteiger partial charge in [0.15, 0.2) is 0 Å². The summed E-state index contributed by atoms with van der Waals surface area (Å²) in [6.07, 6.45) is 7.14. The molecule has 0 bridgehead atoms. The van der Waals surface area contributed by atoms with Gasteiger partial charge >= 0.3 is 0 Å². The molecule has 0 unspecified atom stereocenters. The Hall–Kier alpha value is -2.44. The van der Waals surface area contributed by atoms with Crippen LogP contribution in [0.2, 0.25) is 0 Å². The third-order valence-electron chi connectivity index (χ3n) is 2.86. The van der Waals surface area contributed by atoms with Crippen molar-refractivity contribution in [3.05, 3.63) is 42.4 Å². The molecule has 1 amide bonds. The number of pyridine rings is 1. The topological polar surface area (TPSA) is 71.8 Å². The number of anilines is 1. The van der Waals surface area contributed by atoms with E-state index in [1.54, 1.807) is 12.5 Å². The Labute approximate surface area is 122 Å². The first-order chi connectivity index (χ1) is 10.2. The van der Waals surface area contributed by atoms with Gasteiger partial charge in [-0.3, -0.25) is 4.79 Å². The first-order valence-electron chi connectivity index (χ1n) is 6.84. The van der Waals surface area contributed by atoms with Crippen LogP contribution in [0.1, 0.15) is 23.7 Å². The smallest absolute Gasteiger partial charge is 0.255 e. The average molecular weight is 291 g/mol. The molecule has 7 heteroatoms. The molecule has 0 saturated heterocycles. The van der Waals surface area contributed by atoms with E-state index in [0.717, 1.165) is 12.6 Å². The molecule has 112 valence electrons. The molecule has 0 aliphatic rings. The van der Waals surface area contributed by atoms with Crippen molar-refractivity contribution in [1.82, 2.24) is 19.9 Å². The maximum atomic E-state index is 13.3. The fourth-order valence-corrected chi connectivity index (χ4v) is 1.81. The van der Waals surface area contributed by atoms with Gasteiger partial charge in [0.2, 0.25) is 0 Å². The second-order valence-electron chi connectivity index (χ2n) is 4.53. The van der Waals surface area contributed by atoms with E-state index in [-0.39, 0.29) is 11.5 Å². The number of amides is 1. The van der Waals surface area contributed by atoms with Gasteiger partial charge in [-0.05, 0) is 12.5 Å². The van der Waals surface area contributed by atoms with Crippen LogP contribution in [0.3, 0.4) is 0 Å². The lowest BCUT2D eigenvalue weighted by atomic mass is 10.2. The molecule has 21 heavy (non-hydrogen) atoms. The van der Waals surface area contributed by atoms with Gasteiger partial charge in [-0.1, -0.05) is 6.92 Å². The van der Waals surface area contributed by atoms with Crippen molar-refractivity contribution in [1.29, 1.82) is 0 Å². The Kier molecular flexibility index (Phi) is 5.25. The number of nitrogens with one attached hydrogen (secondary N) is 2. The molecule has 0 fully saturated rings. The van der Waals surface area contributed by atoms with E-state index < -0.39 is 5.82 Å². The van der Waals surface area contributed by atoms with Gasteiger partial charge in [0.25, 0.3) is 5.91 Å². The molecule has 6 nitrogen and oxygen atoms in total. The monoisotopic (exact) mass is 291 g/mol. The number of aromatic nitrogens is 3. The number of rotatable bonds is 7. The molecule has 2 N–H and O–H groups in total. The van der Waals surface area contributed by atoms with Crippen molar-refractivity contribution in [3.8, 4) is 0 Å². The van der Waals surface area contributed by atoms with E-state index >= 15 is 0 Å². The lowest BCUT2D eigenvalue weighted by Gasteiger charge is -2.11. The summed E-state index contributed by atoms with van der Waals surface area (Å²) in [6, 6.07) is 1.19. The molecular formula is C14H18FN5O. The SMILES string of the molecule is CCCNc1ncc(F)cc1C(=O)NCCn1ccnc1. The molecule has 0 aliphatic carbocycles. The van der Waals surface area contributed by atoms with Crippen LogP contribution >= 0.6 is 0 Å². The molecule has 0 atom stereocenters. The lowest BCUT2D eigenvalue weighted by molar-refractivity contribution is 0.0952. The summed E-state index contributed by atoms with van der Waals surface area (Å²) in [5.74, 6) is -0.476. The van der Waals surface area contributed by atoms with Crippen LogP contribution in [-0.4, -0.2) is 33.5 Å². The number of nitrogens with zero attached hydrogens (tertiary/aromatic N) is 3. The molecule has 2 aromatic heterocycles. The van der Waals surface area contributed by atoms with Crippen molar-refractivity contribution in [2.24, 2.45) is 0 Å². The van der Waals surface area contributed by atoms with Gasteiger partial charge in [0.05, 0.1) is 18.1 Å². The number of hydrogen-bond donors (Lipinski definition) is 2. The fourth-order valence-electron chi connectivity index (χ4n) is 1.81. The van der Waals surface area contributed by atoms with Crippen LogP contribution in [0.5, 0.6) is 0 Å². The molecule has 2 rings (SSSR count). The highest BCUT2D eigenvalue weighted by atomic mass is 19.1. The normalized spacial score (nSPS) is 10.4. The highest BCUT2D eigenvalue weighted by molar-refractivity contribution is 5.98. The standard InChI is InChI=1S/C14H18FN5O/c1-2-3-17-13-12(8-11(15)9-19-13)14(21)18-5-7-20-6-4-16-10-20/h4,6,8-10H,2-3,5,7H2,1H3,(H,17,19)(H,18,21). The van der Waals surface area contributed by atoms with Gasteiger partial charge in [0, 0.05) is 32.0 Å². The average Bonchev–Trinajstić information content (AvgIpc) is 2.99. The maximum Gasteiger partial charge on any atom is 0.255 e. The van der Waals surface area contributed by atoms with Crippen LogP contribution < -0.4 is 10.6 Å². The van der Waals surface area contributed by atoms with Crippen LogP contribution in [0.25, 0.3) is 0 Å². The zero-order valence-electron chi connectivity index (χ0n) is 11.8. The fraction of sp³-hybridized carbons (Fsp3) is 0.357. The Morgan fingerprint density at radius 3 is 3.00 bits per heavy atom. The van der Waals surface area contributed by atoms with Crippen LogP contribution in [0.15, 0.2) is 31.0 Å². The van der Waals surface area contributed by atoms with Crippen molar-refractivity contribution < 1.29 is 9.18 Å². The summed E-state index contributed by atoms with van der Waals surface area (Å²) in [5.41, 5.74) is 0.217. The first kappa shape index (κ1) is 15.0. The van der Waals surface area contributed by atoms with Crippen molar-refractivity contribution in [2.45, 2.75) is 19.9 Å². The Bertz CT molecular complexity index is 585. The Morgan fingerprint density at radius 2 is 2.29 bits per heavy atom. The van der Waals surface area contributed by atoms with Gasteiger partial charge in [-0.15, -0.1) is 0 Å². The second kappa shape index (κ2) is 7.37. The van der Waals surface area contributed by atoms with E-state index in [0.29, 0.717) is 25.5 Å². The third kappa shape index (κ3) is 4.27. The van der Waals surface area contributed by atoms with E-state index in [1.165, 1.54) is 6.07 Å². The van der Waals surface area contributed by atoms with E-state index in [1.807, 2.05) is 17.7 Å². The number of hydrogen-bond acceptors (Lipinski definition) is 4. The van der Waals surface area contributed by atoms with E-state index in [4.69, 9.17) is 0 Å². The van der Waals surface area contributed by atoms with Gasteiger partial charge in [-0.25, -0.2) is 14.4 Å². The highest BCUT2D eigenvalue weighted by Crippen LogP contribution is 2.13. The second-order valence-corrected chi connectivity index (χ2v) is 4.53. The number of carbonyl (C=O) groups excluding carboxylic acids is 1. The minimum absolute atomic E-state index is 0.217. The van der Waals surface area contributed by atoms with E-state index in [2.05, 4.69) is 20.6 Å². The lowest BCUT2D eigenvalue weighted by Crippen LogP contribution is -2.28. The predicted octanol–water partition coefficient (Wildman–Crippen LogP) is 1.67. The third-order valence-corrected chi connectivity index (χ3v) is 2.86. The highest BCUT2D eigenvalue weighted by Gasteiger charge is 2.13. The molecule has 0 aromatic carbocycles. The molecule has 0 spiro atoms.